The normalized spacial score (nSPS) is 23.0. The monoisotopic (exact) mass is 255 g/mol. The van der Waals surface area contributed by atoms with Crippen LogP contribution in [0.5, 0.6) is 0 Å². The molecule has 0 bridgehead atoms. The highest BCUT2D eigenvalue weighted by Crippen LogP contribution is 2.22. The van der Waals surface area contributed by atoms with E-state index in [9.17, 15) is 0 Å². The number of hydrogen-bond donors (Lipinski definition) is 1. The Kier molecular flexibility index (Phi) is 4.56. The average molecular weight is 256 g/mol. The molecule has 1 aromatic rings. The van der Waals surface area contributed by atoms with Crippen molar-refractivity contribution in [1.82, 2.24) is 5.32 Å². The molecule has 1 aliphatic rings. The summed E-state index contributed by atoms with van der Waals surface area (Å²) >= 11 is 8.05. The van der Waals surface area contributed by atoms with Crippen LogP contribution in [0.1, 0.15) is 31.4 Å². The zero-order chi connectivity index (χ0) is 11.4. The molecule has 1 nitrogen and oxygen atoms in total. The van der Waals surface area contributed by atoms with Gasteiger partial charge in [-0.1, -0.05) is 23.7 Å². The predicted molar refractivity (Wildman–Crippen MR) is 73.3 cm³/mol. The highest BCUT2D eigenvalue weighted by atomic mass is 35.5. The van der Waals surface area contributed by atoms with Crippen molar-refractivity contribution in [3.8, 4) is 0 Å². The molecule has 2 atom stereocenters. The Balaban J connectivity index is 1.94. The van der Waals surface area contributed by atoms with Crippen molar-refractivity contribution in [2.75, 3.05) is 11.5 Å². The molecule has 1 aromatic carbocycles. The molecule has 0 saturated carbocycles. The summed E-state index contributed by atoms with van der Waals surface area (Å²) in [4.78, 5) is 0. The smallest absolute Gasteiger partial charge is 0.0409 e. The lowest BCUT2D eigenvalue weighted by atomic mass is 10.1. The molecule has 16 heavy (non-hydrogen) atoms. The number of thioether (sulfide) groups is 1. The van der Waals surface area contributed by atoms with E-state index in [1.807, 2.05) is 12.1 Å². The zero-order valence-electron chi connectivity index (χ0n) is 9.58. The minimum atomic E-state index is 0.391. The van der Waals surface area contributed by atoms with Gasteiger partial charge >= 0.3 is 0 Å². The van der Waals surface area contributed by atoms with Gasteiger partial charge < -0.3 is 5.32 Å². The molecule has 1 heterocycles. The standard InChI is InChI=1S/C13H18ClNS/c1-10(11-4-2-5-12(14)8-11)15-13-6-3-7-16-9-13/h2,4-5,8,10,13,15H,3,6-7,9H2,1H3/t10-,13?/m0/s1. The van der Waals surface area contributed by atoms with Gasteiger partial charge in [0.1, 0.15) is 0 Å². The van der Waals surface area contributed by atoms with E-state index in [0.717, 1.165) is 5.02 Å². The number of halogens is 1. The van der Waals surface area contributed by atoms with Gasteiger partial charge in [-0.05, 0) is 43.2 Å². The first-order chi connectivity index (χ1) is 7.75. The van der Waals surface area contributed by atoms with Crippen molar-refractivity contribution in [1.29, 1.82) is 0 Å². The van der Waals surface area contributed by atoms with Gasteiger partial charge in [-0.15, -0.1) is 0 Å². The van der Waals surface area contributed by atoms with Crippen molar-refractivity contribution < 1.29 is 0 Å². The lowest BCUT2D eigenvalue weighted by molar-refractivity contribution is 0.453. The second kappa shape index (κ2) is 5.95. The third kappa shape index (κ3) is 3.41. The quantitative estimate of drug-likeness (QED) is 0.880. The van der Waals surface area contributed by atoms with Crippen LogP contribution >= 0.6 is 23.4 Å². The Morgan fingerprint density at radius 1 is 1.50 bits per heavy atom. The van der Waals surface area contributed by atoms with Crippen molar-refractivity contribution in [2.24, 2.45) is 0 Å². The maximum Gasteiger partial charge on any atom is 0.0409 e. The van der Waals surface area contributed by atoms with Gasteiger partial charge in [0.25, 0.3) is 0 Å². The lowest BCUT2D eigenvalue weighted by Gasteiger charge is -2.26. The van der Waals surface area contributed by atoms with Crippen LogP contribution < -0.4 is 5.32 Å². The van der Waals surface area contributed by atoms with E-state index < -0.39 is 0 Å². The number of benzene rings is 1. The molecule has 0 amide bonds. The van der Waals surface area contributed by atoms with Crippen LogP contribution in [-0.4, -0.2) is 17.5 Å². The number of rotatable bonds is 3. The summed E-state index contributed by atoms with van der Waals surface area (Å²) in [6.45, 7) is 2.21. The number of hydrogen-bond acceptors (Lipinski definition) is 2. The predicted octanol–water partition coefficient (Wildman–Crippen LogP) is 3.89. The van der Waals surface area contributed by atoms with E-state index in [1.165, 1.54) is 29.9 Å². The maximum atomic E-state index is 6.00. The Labute approximate surface area is 107 Å². The third-order valence-electron chi connectivity index (χ3n) is 2.99. The van der Waals surface area contributed by atoms with Gasteiger partial charge in [0.2, 0.25) is 0 Å². The summed E-state index contributed by atoms with van der Waals surface area (Å²) in [7, 11) is 0. The van der Waals surface area contributed by atoms with Crippen LogP contribution in [0, 0.1) is 0 Å². The molecule has 3 heteroatoms. The van der Waals surface area contributed by atoms with Crippen LogP contribution in [0.3, 0.4) is 0 Å². The topological polar surface area (TPSA) is 12.0 Å². The summed E-state index contributed by atoms with van der Waals surface area (Å²) < 4.78 is 0. The van der Waals surface area contributed by atoms with Crippen LogP contribution in [0.25, 0.3) is 0 Å². The Morgan fingerprint density at radius 3 is 3.06 bits per heavy atom. The van der Waals surface area contributed by atoms with Gasteiger partial charge in [0.15, 0.2) is 0 Å². The first-order valence-electron chi connectivity index (χ1n) is 5.85. The summed E-state index contributed by atoms with van der Waals surface area (Å²) in [5.41, 5.74) is 1.28. The fraction of sp³-hybridized carbons (Fsp3) is 0.538. The molecular weight excluding hydrogens is 238 g/mol. The van der Waals surface area contributed by atoms with Crippen molar-refractivity contribution >= 4 is 23.4 Å². The fourth-order valence-corrected chi connectivity index (χ4v) is 3.38. The lowest BCUT2D eigenvalue weighted by Crippen LogP contribution is -2.35. The molecule has 0 aromatic heterocycles. The summed E-state index contributed by atoms with van der Waals surface area (Å²) in [5.74, 6) is 2.56. The van der Waals surface area contributed by atoms with Crippen molar-refractivity contribution in [3.05, 3.63) is 34.9 Å². The summed E-state index contributed by atoms with van der Waals surface area (Å²) in [5, 5.41) is 4.51. The second-order valence-electron chi connectivity index (χ2n) is 4.36. The molecule has 0 aliphatic carbocycles. The molecule has 1 saturated heterocycles. The highest BCUT2D eigenvalue weighted by Gasteiger charge is 2.16. The minimum Gasteiger partial charge on any atom is -0.307 e. The molecule has 0 spiro atoms. The van der Waals surface area contributed by atoms with Crippen LogP contribution in [0.15, 0.2) is 24.3 Å². The Morgan fingerprint density at radius 2 is 2.38 bits per heavy atom. The van der Waals surface area contributed by atoms with E-state index in [2.05, 4.69) is 36.1 Å². The zero-order valence-corrected chi connectivity index (χ0v) is 11.2. The minimum absolute atomic E-state index is 0.391. The molecule has 88 valence electrons. The Hall–Kier alpha value is -0.180. The molecule has 1 unspecified atom stereocenters. The molecule has 2 rings (SSSR count). The van der Waals surface area contributed by atoms with Gasteiger partial charge in [0.05, 0.1) is 0 Å². The third-order valence-corrected chi connectivity index (χ3v) is 4.45. The molecule has 0 radical (unpaired) electrons. The van der Waals surface area contributed by atoms with E-state index in [1.54, 1.807) is 0 Å². The van der Waals surface area contributed by atoms with Gasteiger partial charge in [-0.2, -0.15) is 11.8 Å². The van der Waals surface area contributed by atoms with Crippen LogP contribution in [-0.2, 0) is 0 Å². The van der Waals surface area contributed by atoms with Gasteiger partial charge in [-0.3, -0.25) is 0 Å². The van der Waals surface area contributed by atoms with Gasteiger partial charge in [0, 0.05) is 22.9 Å². The first kappa shape index (κ1) is 12.3. The van der Waals surface area contributed by atoms with Crippen LogP contribution in [0.2, 0.25) is 5.02 Å². The van der Waals surface area contributed by atoms with Crippen molar-refractivity contribution in [2.45, 2.75) is 31.8 Å². The SMILES string of the molecule is C[C@H](NC1CCCSC1)c1cccc(Cl)c1. The summed E-state index contributed by atoms with van der Waals surface area (Å²) in [6, 6.07) is 9.18. The van der Waals surface area contributed by atoms with E-state index in [4.69, 9.17) is 11.6 Å². The number of nitrogens with one attached hydrogen (secondary N) is 1. The van der Waals surface area contributed by atoms with Crippen molar-refractivity contribution in [3.63, 3.8) is 0 Å². The fourth-order valence-electron chi connectivity index (χ4n) is 2.10. The maximum absolute atomic E-state index is 6.00. The summed E-state index contributed by atoms with van der Waals surface area (Å²) in [6.07, 6.45) is 2.64. The molecular formula is C13H18ClNS. The van der Waals surface area contributed by atoms with E-state index in [-0.39, 0.29) is 0 Å². The Bertz CT molecular complexity index is 336. The van der Waals surface area contributed by atoms with E-state index in [0.29, 0.717) is 12.1 Å². The molecule has 1 aliphatic heterocycles. The largest absolute Gasteiger partial charge is 0.307 e. The highest BCUT2D eigenvalue weighted by molar-refractivity contribution is 7.99. The van der Waals surface area contributed by atoms with E-state index >= 15 is 0 Å². The van der Waals surface area contributed by atoms with Crippen LogP contribution in [0.4, 0.5) is 0 Å². The van der Waals surface area contributed by atoms with Gasteiger partial charge in [-0.25, -0.2) is 0 Å². The molecule has 1 fully saturated rings. The first-order valence-corrected chi connectivity index (χ1v) is 7.38. The second-order valence-corrected chi connectivity index (χ2v) is 5.94. The molecule has 1 N–H and O–H groups in total. The average Bonchev–Trinajstić information content (AvgIpc) is 2.30.